The minimum absolute atomic E-state index is 0.000248. The van der Waals surface area contributed by atoms with E-state index in [1.165, 1.54) is 8.61 Å². The van der Waals surface area contributed by atoms with Gasteiger partial charge in [0.2, 0.25) is 20.0 Å². The molecule has 0 fully saturated rings. The third kappa shape index (κ3) is 7.95. The van der Waals surface area contributed by atoms with Gasteiger partial charge in [-0.1, -0.05) is 31.9 Å². The Kier molecular flexibility index (Phi) is 13.6. The maximum absolute atomic E-state index is 15.3. The molecule has 0 amide bonds. The Morgan fingerprint density at radius 3 is 1.02 bits per heavy atom. The highest BCUT2D eigenvalue weighted by molar-refractivity contribution is 9.10. The Morgan fingerprint density at radius 2 is 0.759 bits per heavy atom. The Labute approximate surface area is 359 Å². The van der Waals surface area contributed by atoms with Gasteiger partial charge in [0, 0.05) is 46.3 Å². The number of sulfonamides is 2. The topological polar surface area (TPSA) is 146 Å². The van der Waals surface area contributed by atoms with Gasteiger partial charge in [0.05, 0.1) is 46.8 Å². The first-order chi connectivity index (χ1) is 27.3. The van der Waals surface area contributed by atoms with Gasteiger partial charge in [-0.05, 0) is 148 Å². The quantitative estimate of drug-likeness (QED) is 0.106. The third-order valence-electron chi connectivity index (χ3n) is 10.7. The number of nitrogens with zero attached hydrogens (tertiary/aromatic N) is 2. The summed E-state index contributed by atoms with van der Waals surface area (Å²) in [6.07, 6.45) is 0. The van der Waals surface area contributed by atoms with Crippen LogP contribution in [0.25, 0.3) is 11.1 Å². The maximum Gasteiger partial charge on any atom is 0.362 e. The van der Waals surface area contributed by atoms with Crippen LogP contribution in [-0.2, 0) is 73.5 Å². The molecule has 0 aromatic heterocycles. The molecule has 0 saturated carbocycles. The van der Waals surface area contributed by atoms with Crippen molar-refractivity contribution in [1.29, 1.82) is 0 Å². The summed E-state index contributed by atoms with van der Waals surface area (Å²) in [5.41, 5.74) is 5.72. The summed E-state index contributed by atoms with van der Waals surface area (Å²) in [4.78, 5) is 0.246. The van der Waals surface area contributed by atoms with Crippen LogP contribution in [-0.4, -0.2) is 51.9 Å². The highest BCUT2D eigenvalue weighted by Crippen LogP contribution is 2.57. The molecule has 0 spiro atoms. The lowest BCUT2D eigenvalue weighted by atomic mass is 9.85. The minimum Gasteiger partial charge on any atom is -0.305 e. The van der Waals surface area contributed by atoms with E-state index < -0.39 is 35.2 Å². The molecule has 18 heteroatoms. The Morgan fingerprint density at radius 1 is 0.500 bits per heavy atom. The Hall–Kier alpha value is -2.04. The second kappa shape index (κ2) is 17.4. The fourth-order valence-corrected chi connectivity index (χ4v) is 15.6. The number of benzene rings is 4. The van der Waals surface area contributed by atoms with E-state index in [2.05, 4.69) is 31.9 Å². The van der Waals surface area contributed by atoms with E-state index in [1.54, 1.807) is 90.1 Å². The zero-order valence-corrected chi connectivity index (χ0v) is 40.3. The average Bonchev–Trinajstić information content (AvgIpc) is 3.84. The van der Waals surface area contributed by atoms with E-state index in [1.807, 2.05) is 13.8 Å². The summed E-state index contributed by atoms with van der Waals surface area (Å²) >= 11 is 6.77. The van der Waals surface area contributed by atoms with Gasteiger partial charge in [-0.2, -0.15) is 8.61 Å². The van der Waals surface area contributed by atoms with Crippen LogP contribution >= 0.6 is 47.1 Å². The summed E-state index contributed by atoms with van der Waals surface area (Å²) in [5.74, 6) is 0. The Balaban J connectivity index is 1.69. The molecule has 2 aliphatic rings. The number of halogens is 2. The van der Waals surface area contributed by atoms with Gasteiger partial charge in [0.1, 0.15) is 0 Å². The highest BCUT2D eigenvalue weighted by Gasteiger charge is 2.45. The Bertz CT molecular complexity index is 2390. The van der Waals surface area contributed by atoms with E-state index >= 15 is 9.13 Å². The van der Waals surface area contributed by atoms with Crippen LogP contribution in [0.4, 0.5) is 0 Å². The van der Waals surface area contributed by atoms with Crippen LogP contribution in [0.15, 0.2) is 67.3 Å². The van der Waals surface area contributed by atoms with Gasteiger partial charge in [-0.25, -0.2) is 16.8 Å². The third-order valence-corrected chi connectivity index (χ3v) is 20.0. The summed E-state index contributed by atoms with van der Waals surface area (Å²) in [6, 6.07) is 12.8. The fraction of sp³-hybridized carbons (Fsp3) is 0.400. The first kappa shape index (κ1) is 45.5. The van der Waals surface area contributed by atoms with Crippen molar-refractivity contribution in [3.63, 3.8) is 0 Å². The molecule has 0 unspecified atom stereocenters. The number of hydrogen-bond acceptors (Lipinski definition) is 10. The number of hydrogen-bond donors (Lipinski definition) is 0. The molecule has 0 saturated heterocycles. The molecule has 0 bridgehead atoms. The summed E-state index contributed by atoms with van der Waals surface area (Å²) in [5, 5.41) is 0.437. The van der Waals surface area contributed by atoms with Crippen molar-refractivity contribution >= 4 is 77.7 Å². The molecular weight excluding hydrogens is 954 g/mol. The first-order valence-electron chi connectivity index (χ1n) is 18.9. The van der Waals surface area contributed by atoms with Gasteiger partial charge < -0.3 is 18.1 Å². The lowest BCUT2D eigenvalue weighted by molar-refractivity contribution is 0.228. The second-order valence-electron chi connectivity index (χ2n) is 14.0. The highest BCUT2D eigenvalue weighted by atomic mass is 79.9. The molecule has 58 heavy (non-hydrogen) atoms. The lowest BCUT2D eigenvalue weighted by Crippen LogP contribution is -2.27. The summed E-state index contributed by atoms with van der Waals surface area (Å²) in [7, 11) is -16.4. The zero-order chi connectivity index (χ0) is 42.5. The molecule has 2 heterocycles. The van der Waals surface area contributed by atoms with Crippen LogP contribution < -0.4 is 10.6 Å². The van der Waals surface area contributed by atoms with Gasteiger partial charge in [-0.3, -0.25) is 9.13 Å². The molecule has 0 radical (unpaired) electrons. The van der Waals surface area contributed by atoms with E-state index in [0.29, 0.717) is 55.6 Å². The molecule has 0 N–H and O–H groups in total. The molecule has 0 atom stereocenters. The van der Waals surface area contributed by atoms with Crippen molar-refractivity contribution < 1.29 is 44.1 Å². The van der Waals surface area contributed by atoms with E-state index in [-0.39, 0.29) is 73.0 Å². The van der Waals surface area contributed by atoms with Gasteiger partial charge in [-0.15, -0.1) is 0 Å². The number of fused-ring (bicyclic) bond motifs is 2. The van der Waals surface area contributed by atoms with Crippen molar-refractivity contribution in [3.05, 3.63) is 102 Å². The molecule has 314 valence electrons. The van der Waals surface area contributed by atoms with E-state index in [9.17, 15) is 16.8 Å². The van der Waals surface area contributed by atoms with Crippen molar-refractivity contribution in [2.24, 2.45) is 0 Å². The van der Waals surface area contributed by atoms with Crippen LogP contribution in [0.3, 0.4) is 0 Å². The normalized spacial score (nSPS) is 15.3. The molecule has 4 aromatic carbocycles. The SMILES string of the molecule is CCOP(=O)(OCC)c1c(C)c2c(c(C)c1-c1c(C)c3c(c(C)c1P(=O)(OCC)OCC)CN(S(=O)(=O)c1ccc(Br)cc1)C3)CN(S(=O)(=O)c1ccc(Br)cc1)C2. The van der Waals surface area contributed by atoms with Gasteiger partial charge in [0.15, 0.2) is 0 Å². The number of rotatable bonds is 15. The van der Waals surface area contributed by atoms with Crippen LogP contribution in [0.1, 0.15) is 72.2 Å². The predicted octanol–water partition coefficient (Wildman–Crippen LogP) is 9.30. The first-order valence-corrected chi connectivity index (χ1v) is 26.5. The minimum atomic E-state index is -4.19. The van der Waals surface area contributed by atoms with E-state index in [0.717, 1.165) is 8.95 Å². The average molecular weight is 1000 g/mol. The monoisotopic (exact) mass is 1000 g/mol. The van der Waals surface area contributed by atoms with Crippen molar-refractivity contribution in [3.8, 4) is 11.1 Å². The van der Waals surface area contributed by atoms with Gasteiger partial charge in [0.25, 0.3) is 0 Å². The largest absolute Gasteiger partial charge is 0.362 e. The van der Waals surface area contributed by atoms with Crippen molar-refractivity contribution in [2.45, 2.75) is 91.4 Å². The van der Waals surface area contributed by atoms with Crippen LogP contribution in [0.2, 0.25) is 0 Å². The van der Waals surface area contributed by atoms with Gasteiger partial charge >= 0.3 is 15.2 Å². The molecule has 0 aliphatic carbocycles. The summed E-state index contributed by atoms with van der Waals surface area (Å²) < 4.78 is 116. The molecular formula is C40H48Br2N2O10P2S2. The maximum atomic E-state index is 15.3. The molecule has 2 aliphatic heterocycles. The fourth-order valence-electron chi connectivity index (χ4n) is 8.06. The van der Waals surface area contributed by atoms with Crippen molar-refractivity contribution in [2.75, 3.05) is 26.4 Å². The zero-order valence-electron chi connectivity index (χ0n) is 33.7. The molecule has 6 rings (SSSR count). The molecule has 12 nitrogen and oxygen atoms in total. The van der Waals surface area contributed by atoms with Crippen molar-refractivity contribution in [1.82, 2.24) is 8.61 Å². The predicted molar refractivity (Wildman–Crippen MR) is 233 cm³/mol. The van der Waals surface area contributed by atoms with Crippen LogP contribution in [0, 0.1) is 27.7 Å². The smallest absolute Gasteiger partial charge is 0.305 e. The van der Waals surface area contributed by atoms with E-state index in [4.69, 9.17) is 18.1 Å². The standard InChI is InChI=1S/C40H48Br2N2O10P2S2/c1-9-51-55(45,52-10-2)39-27(7)35-23-43(57(47,48)31-17-13-29(41)14-18-31)21-33(35)25(5)37(39)38-26(6)34-22-44(58(49,50)32-19-15-30(42)16-20-32)24-36(34)28(8)40(38)56(46,53-11-3)54-12-4/h13-20H,9-12,21-24H2,1-8H3. The molecule has 4 aromatic rings. The lowest BCUT2D eigenvalue weighted by Gasteiger charge is -2.31. The second-order valence-corrected chi connectivity index (χ2v) is 23.6. The van der Waals surface area contributed by atoms with Crippen LogP contribution in [0.5, 0.6) is 0 Å². The summed E-state index contributed by atoms with van der Waals surface area (Å²) in [6.45, 7) is 14.2.